The summed E-state index contributed by atoms with van der Waals surface area (Å²) in [5, 5.41) is 10.6. The molecule has 0 amide bonds. The van der Waals surface area contributed by atoms with Gasteiger partial charge in [0.1, 0.15) is 0 Å². The molecule has 520 valence electrons. The monoisotopic (exact) mass is 1320 g/mol. The van der Waals surface area contributed by atoms with Crippen LogP contribution in [-0.4, -0.2) is 39.9 Å². The summed E-state index contributed by atoms with van der Waals surface area (Å²) in [5.74, 6) is 4.77. The van der Waals surface area contributed by atoms with Gasteiger partial charge in [0.2, 0.25) is 0 Å². The third kappa shape index (κ3) is 20.6. The Bertz CT molecular complexity index is 4530. The molecule has 8 heterocycles. The molecule has 8 aromatic heterocycles. The minimum absolute atomic E-state index is 0. The maximum absolute atomic E-state index is 3.40. The number of rotatable bonds is 8. The average Bonchev–Trinajstić information content (AvgIpc) is 1.49. The zero-order chi connectivity index (χ0) is 68.4. The highest BCUT2D eigenvalue weighted by molar-refractivity contribution is 5.87. The summed E-state index contributed by atoms with van der Waals surface area (Å²) in [6.07, 6.45) is 12.2. The van der Waals surface area contributed by atoms with Gasteiger partial charge in [-0.1, -0.05) is 254 Å². The van der Waals surface area contributed by atoms with E-state index in [2.05, 4.69) is 369 Å². The van der Waals surface area contributed by atoms with Crippen molar-refractivity contribution in [2.45, 2.75) is 180 Å². The van der Waals surface area contributed by atoms with E-state index in [-0.39, 0.29) is 22.3 Å². The number of para-hydroxylation sites is 5. The normalized spacial score (nSPS) is 10.9. The van der Waals surface area contributed by atoms with Crippen LogP contribution in [-0.2, 0) is 0 Å². The van der Waals surface area contributed by atoms with Gasteiger partial charge in [0.15, 0.2) is 0 Å². The Morgan fingerprint density at radius 2 is 0.596 bits per heavy atom. The molecule has 0 spiro atoms. The lowest BCUT2D eigenvalue weighted by atomic mass is 10.00. The predicted octanol–water partition coefficient (Wildman–Crippen LogP) is 28.2. The molecule has 0 fully saturated rings. The predicted molar refractivity (Wildman–Crippen MR) is 439 cm³/mol. The molecule has 8 N–H and O–H groups in total. The molecule has 8 aromatic carbocycles. The third-order valence-corrected chi connectivity index (χ3v) is 17.8. The van der Waals surface area contributed by atoms with Crippen molar-refractivity contribution in [2.75, 3.05) is 0 Å². The topological polar surface area (TPSA) is 126 Å². The van der Waals surface area contributed by atoms with Crippen LogP contribution in [0.15, 0.2) is 243 Å². The van der Waals surface area contributed by atoms with Gasteiger partial charge in [-0.25, -0.2) is 0 Å². The fraction of sp³-hybridized carbons (Fsp3) is 0.297. The lowest BCUT2D eigenvalue weighted by Gasteiger charge is -2.05. The van der Waals surface area contributed by atoms with Crippen molar-refractivity contribution < 1.29 is 0 Å². The standard InChI is InChI=1S/8C11H13N.3CH4/c1-8(2)9-3-4-11-10(7-9)5-6-12-11;1-8(2)10-4-3-9-5-6-12-11(9)7-10;1-8(2)9-4-3-5-11-10(9)6-7-12-11;1-8(2)10-5-3-4-9-6-7-12-11(9)10;2*1-8(2)10-7-12-11-6-4-3-5-9(10)11;2*1-8(2)11-7-9-5-3-4-6-10(9)12-11;;;/h8*3-8,12H,1-2H3;3*1H4. The highest BCUT2D eigenvalue weighted by Gasteiger charge is 2.10. The Morgan fingerprint density at radius 1 is 0.222 bits per heavy atom. The van der Waals surface area contributed by atoms with Crippen molar-refractivity contribution in [3.05, 3.63) is 288 Å². The molecule has 99 heavy (non-hydrogen) atoms. The van der Waals surface area contributed by atoms with Crippen LogP contribution in [0.3, 0.4) is 0 Å². The second-order valence-electron chi connectivity index (χ2n) is 27.7. The van der Waals surface area contributed by atoms with Crippen molar-refractivity contribution >= 4 is 87.2 Å². The van der Waals surface area contributed by atoms with Crippen LogP contribution in [0.5, 0.6) is 0 Å². The van der Waals surface area contributed by atoms with Crippen LogP contribution in [0.2, 0.25) is 0 Å². The van der Waals surface area contributed by atoms with Gasteiger partial charge in [-0.05, 0) is 193 Å². The van der Waals surface area contributed by atoms with E-state index in [1.165, 1.54) is 132 Å². The van der Waals surface area contributed by atoms with Gasteiger partial charge >= 0.3 is 0 Å². The molecule has 0 aliphatic carbocycles. The Morgan fingerprint density at radius 3 is 1.11 bits per heavy atom. The number of hydrogen-bond donors (Lipinski definition) is 8. The summed E-state index contributed by atoms with van der Waals surface area (Å²) in [5.41, 5.74) is 21.0. The summed E-state index contributed by atoms with van der Waals surface area (Å²) < 4.78 is 0. The third-order valence-electron chi connectivity index (χ3n) is 17.8. The molecule has 8 heteroatoms. The number of nitrogens with one attached hydrogen (secondary N) is 8. The zero-order valence-electron chi connectivity index (χ0n) is 59.7. The maximum Gasteiger partial charge on any atom is 0.0489 e. The van der Waals surface area contributed by atoms with E-state index < -0.39 is 0 Å². The van der Waals surface area contributed by atoms with Gasteiger partial charge in [-0.15, -0.1) is 0 Å². The molecule has 0 radical (unpaired) electrons. The van der Waals surface area contributed by atoms with Gasteiger partial charge in [0.05, 0.1) is 0 Å². The van der Waals surface area contributed by atoms with Gasteiger partial charge in [-0.2, -0.15) is 0 Å². The molecule has 0 atom stereocenters. The summed E-state index contributed by atoms with van der Waals surface area (Å²) in [6.45, 7) is 35.4. The van der Waals surface area contributed by atoms with Crippen LogP contribution < -0.4 is 0 Å². The minimum Gasteiger partial charge on any atom is -0.361 e. The maximum atomic E-state index is 3.40. The molecular weight excluding hydrogens is 1210 g/mol. The fourth-order valence-corrected chi connectivity index (χ4v) is 12.0. The minimum atomic E-state index is 0. The lowest BCUT2D eigenvalue weighted by Crippen LogP contribution is -1.87. The number of aromatic nitrogens is 8. The van der Waals surface area contributed by atoms with E-state index in [4.69, 9.17) is 0 Å². The summed E-state index contributed by atoms with van der Waals surface area (Å²) in [6, 6.07) is 72.5. The first-order valence-corrected chi connectivity index (χ1v) is 34.8. The van der Waals surface area contributed by atoms with E-state index in [9.17, 15) is 0 Å². The Labute approximate surface area is 592 Å². The number of H-pyrrole nitrogens is 8. The van der Waals surface area contributed by atoms with Gasteiger partial charge in [0.25, 0.3) is 0 Å². The number of fused-ring (bicyclic) bond motifs is 8. The van der Waals surface area contributed by atoms with E-state index in [0.717, 1.165) is 0 Å². The number of benzene rings is 8. The van der Waals surface area contributed by atoms with Crippen molar-refractivity contribution in [3.63, 3.8) is 0 Å². The fourth-order valence-electron chi connectivity index (χ4n) is 12.0. The quantitative estimate of drug-likeness (QED) is 0.0738. The van der Waals surface area contributed by atoms with Crippen molar-refractivity contribution in [1.29, 1.82) is 0 Å². The first-order valence-electron chi connectivity index (χ1n) is 34.8. The van der Waals surface area contributed by atoms with E-state index in [1.54, 1.807) is 0 Å². The molecule has 0 saturated carbocycles. The van der Waals surface area contributed by atoms with Crippen molar-refractivity contribution in [3.8, 4) is 0 Å². The van der Waals surface area contributed by atoms with E-state index >= 15 is 0 Å². The number of hydrogen-bond acceptors (Lipinski definition) is 0. The average molecular weight is 1320 g/mol. The van der Waals surface area contributed by atoms with Crippen molar-refractivity contribution in [1.82, 2.24) is 39.9 Å². The van der Waals surface area contributed by atoms with E-state index in [0.29, 0.717) is 47.3 Å². The second-order valence-corrected chi connectivity index (χ2v) is 27.7. The van der Waals surface area contributed by atoms with Crippen LogP contribution in [0.25, 0.3) is 87.2 Å². The van der Waals surface area contributed by atoms with Crippen LogP contribution in [0.4, 0.5) is 0 Å². The Balaban J connectivity index is 0.000000178. The number of aromatic amines is 8. The molecular formula is C91H116N8. The molecule has 16 aromatic rings. The smallest absolute Gasteiger partial charge is 0.0489 e. The van der Waals surface area contributed by atoms with Crippen molar-refractivity contribution in [2.24, 2.45) is 0 Å². The lowest BCUT2D eigenvalue weighted by molar-refractivity contribution is 0.836. The molecule has 0 saturated heterocycles. The molecule has 0 aliphatic rings. The van der Waals surface area contributed by atoms with Gasteiger partial charge in [-0.3, -0.25) is 0 Å². The molecule has 16 rings (SSSR count). The Kier molecular flexibility index (Phi) is 29.3. The summed E-state index contributed by atoms with van der Waals surface area (Å²) in [7, 11) is 0. The summed E-state index contributed by atoms with van der Waals surface area (Å²) in [4.78, 5) is 26.2. The zero-order valence-corrected chi connectivity index (χ0v) is 59.7. The first kappa shape index (κ1) is 78.1. The van der Waals surface area contributed by atoms with Gasteiger partial charge in [0, 0.05) is 109 Å². The molecule has 8 nitrogen and oxygen atoms in total. The molecule has 0 unspecified atom stereocenters. The molecule has 0 aliphatic heterocycles. The SMILES string of the molecule is C.C.C.CC(C)c1c[nH]c2ccccc12.CC(C)c1c[nH]c2ccccc12.CC(C)c1cc2ccccc2[nH]1.CC(C)c1cc2ccccc2[nH]1.CC(C)c1ccc2[nH]ccc2c1.CC(C)c1ccc2cc[nH]c2c1.CC(C)c1cccc2[nH]ccc12.CC(C)c1cccc2cc[nH]c12. The summed E-state index contributed by atoms with van der Waals surface area (Å²) >= 11 is 0. The van der Waals surface area contributed by atoms with Crippen LogP contribution in [0, 0.1) is 0 Å². The highest BCUT2D eigenvalue weighted by atomic mass is 14.7. The largest absolute Gasteiger partial charge is 0.361 e. The van der Waals surface area contributed by atoms with Crippen LogP contribution >= 0.6 is 0 Å². The first-order chi connectivity index (χ1) is 46.2. The second kappa shape index (κ2) is 37.2. The van der Waals surface area contributed by atoms with Crippen LogP contribution in [0.1, 0.15) is 225 Å². The van der Waals surface area contributed by atoms with Gasteiger partial charge < -0.3 is 39.9 Å². The molecule has 0 bridgehead atoms. The highest BCUT2D eigenvalue weighted by Crippen LogP contribution is 2.29. The van der Waals surface area contributed by atoms with E-state index in [1.807, 2.05) is 24.8 Å². The Hall–Kier alpha value is -9.92.